The number of hydrogen-bond acceptors (Lipinski definition) is 1. The number of alkyl halides is 4. The third kappa shape index (κ3) is 3.20. The van der Waals surface area contributed by atoms with E-state index < -0.39 is 12.3 Å². The summed E-state index contributed by atoms with van der Waals surface area (Å²) in [5, 5.41) is 0. The summed E-state index contributed by atoms with van der Waals surface area (Å²) >= 11 is 0. The van der Waals surface area contributed by atoms with Crippen LogP contribution < -0.4 is 5.73 Å². The van der Waals surface area contributed by atoms with Crippen molar-refractivity contribution < 1.29 is 17.6 Å². The topological polar surface area (TPSA) is 26.0 Å². The number of hydrogen-bond donors (Lipinski definition) is 1. The first-order valence-corrected chi connectivity index (χ1v) is 4.86. The van der Waals surface area contributed by atoms with Gasteiger partial charge in [0.1, 0.15) is 0 Å². The molecule has 0 aromatic heterocycles. The van der Waals surface area contributed by atoms with Crippen molar-refractivity contribution in [2.75, 3.05) is 0 Å². The van der Waals surface area contributed by atoms with E-state index in [4.69, 9.17) is 5.73 Å². The molecule has 1 aromatic carbocycles. The molecule has 0 amide bonds. The first kappa shape index (κ1) is 13.0. The van der Waals surface area contributed by atoms with Crippen molar-refractivity contribution in [2.24, 2.45) is 5.73 Å². The fourth-order valence-corrected chi connectivity index (χ4v) is 1.49. The second-order valence-corrected chi connectivity index (χ2v) is 3.78. The van der Waals surface area contributed by atoms with Gasteiger partial charge in [0, 0.05) is 6.04 Å². The molecule has 0 bridgehead atoms. The minimum Gasteiger partial charge on any atom is -0.328 e. The van der Waals surface area contributed by atoms with Crippen LogP contribution in [-0.2, 0) is 6.42 Å². The van der Waals surface area contributed by atoms with E-state index in [9.17, 15) is 17.6 Å². The maximum absolute atomic E-state index is 13.2. The SMILES string of the molecule is CC(N)Cc1ccccc1C(F)C(F)(F)F. The molecule has 0 aliphatic rings. The van der Waals surface area contributed by atoms with Crippen molar-refractivity contribution in [1.82, 2.24) is 0 Å². The average Bonchev–Trinajstić information content (AvgIpc) is 2.15. The average molecular weight is 235 g/mol. The lowest BCUT2D eigenvalue weighted by molar-refractivity contribution is -0.183. The van der Waals surface area contributed by atoms with Gasteiger partial charge in [-0.15, -0.1) is 0 Å². The summed E-state index contributed by atoms with van der Waals surface area (Å²) in [5.74, 6) is 0. The maximum atomic E-state index is 13.2. The number of rotatable bonds is 3. The first-order chi connectivity index (χ1) is 7.32. The first-order valence-electron chi connectivity index (χ1n) is 4.86. The predicted octanol–water partition coefficient (Wildman–Crippen LogP) is 3.15. The Balaban J connectivity index is 3.03. The molecule has 1 rings (SSSR count). The largest absolute Gasteiger partial charge is 0.423 e. The minimum absolute atomic E-state index is 0.229. The van der Waals surface area contributed by atoms with Gasteiger partial charge in [0.25, 0.3) is 0 Å². The Labute approximate surface area is 91.3 Å². The van der Waals surface area contributed by atoms with Crippen molar-refractivity contribution in [1.29, 1.82) is 0 Å². The molecule has 0 spiro atoms. The van der Waals surface area contributed by atoms with Crippen molar-refractivity contribution in [3.05, 3.63) is 35.4 Å². The molecular formula is C11H13F4N. The van der Waals surface area contributed by atoms with E-state index in [1.54, 1.807) is 13.0 Å². The fourth-order valence-electron chi connectivity index (χ4n) is 1.49. The third-order valence-electron chi connectivity index (χ3n) is 2.16. The van der Waals surface area contributed by atoms with E-state index in [-0.39, 0.29) is 18.0 Å². The van der Waals surface area contributed by atoms with Crippen LogP contribution in [0.1, 0.15) is 24.2 Å². The monoisotopic (exact) mass is 235 g/mol. The standard InChI is InChI=1S/C11H13F4N/c1-7(16)6-8-4-2-3-5-9(8)10(12)11(13,14)15/h2-5,7,10H,6,16H2,1H3. The van der Waals surface area contributed by atoms with Gasteiger partial charge in [-0.25, -0.2) is 4.39 Å². The summed E-state index contributed by atoms with van der Waals surface area (Å²) < 4.78 is 49.9. The lowest BCUT2D eigenvalue weighted by atomic mass is 9.98. The van der Waals surface area contributed by atoms with Crippen LogP contribution in [0.2, 0.25) is 0 Å². The summed E-state index contributed by atoms with van der Waals surface area (Å²) in [6.07, 6.45) is -7.58. The molecule has 0 aliphatic carbocycles. The Bertz CT molecular complexity index is 346. The Morgan fingerprint density at radius 2 is 1.81 bits per heavy atom. The lowest BCUT2D eigenvalue weighted by Gasteiger charge is -2.17. The third-order valence-corrected chi connectivity index (χ3v) is 2.16. The van der Waals surface area contributed by atoms with Crippen molar-refractivity contribution in [3.63, 3.8) is 0 Å². The van der Waals surface area contributed by atoms with Gasteiger partial charge < -0.3 is 5.73 Å². The second-order valence-electron chi connectivity index (χ2n) is 3.78. The quantitative estimate of drug-likeness (QED) is 0.800. The van der Waals surface area contributed by atoms with E-state index in [0.717, 1.165) is 6.07 Å². The highest BCUT2D eigenvalue weighted by molar-refractivity contribution is 5.30. The van der Waals surface area contributed by atoms with Crippen LogP contribution >= 0.6 is 0 Å². The molecule has 0 aliphatic heterocycles. The summed E-state index contributed by atoms with van der Waals surface area (Å²) in [6, 6.07) is 5.27. The van der Waals surface area contributed by atoms with Crippen molar-refractivity contribution in [3.8, 4) is 0 Å². The van der Waals surface area contributed by atoms with E-state index in [1.165, 1.54) is 12.1 Å². The van der Waals surface area contributed by atoms with Gasteiger partial charge >= 0.3 is 6.18 Å². The van der Waals surface area contributed by atoms with Gasteiger partial charge in [0.15, 0.2) is 0 Å². The van der Waals surface area contributed by atoms with Crippen LogP contribution in [-0.4, -0.2) is 12.2 Å². The zero-order chi connectivity index (χ0) is 12.3. The molecule has 0 saturated heterocycles. The van der Waals surface area contributed by atoms with Crippen molar-refractivity contribution >= 4 is 0 Å². The molecular weight excluding hydrogens is 222 g/mol. The fraction of sp³-hybridized carbons (Fsp3) is 0.455. The lowest BCUT2D eigenvalue weighted by Crippen LogP contribution is -2.22. The normalized spacial score (nSPS) is 15.9. The summed E-state index contributed by atoms with van der Waals surface area (Å²) in [7, 11) is 0. The highest BCUT2D eigenvalue weighted by Gasteiger charge is 2.42. The van der Waals surface area contributed by atoms with Crippen LogP contribution in [0.4, 0.5) is 17.6 Å². The molecule has 2 N–H and O–H groups in total. The Morgan fingerprint density at radius 3 is 2.31 bits per heavy atom. The molecule has 1 aromatic rings. The molecule has 90 valence electrons. The molecule has 0 radical (unpaired) electrons. The molecule has 2 unspecified atom stereocenters. The maximum Gasteiger partial charge on any atom is 0.423 e. The van der Waals surface area contributed by atoms with Gasteiger partial charge in [0.2, 0.25) is 6.17 Å². The number of nitrogens with two attached hydrogens (primary N) is 1. The highest BCUT2D eigenvalue weighted by atomic mass is 19.4. The van der Waals surface area contributed by atoms with Crippen LogP contribution in [0.25, 0.3) is 0 Å². The van der Waals surface area contributed by atoms with Gasteiger partial charge in [0.05, 0.1) is 0 Å². The minimum atomic E-state index is -4.87. The molecule has 2 atom stereocenters. The summed E-state index contributed by atoms with van der Waals surface area (Å²) in [5.41, 5.74) is 5.47. The highest BCUT2D eigenvalue weighted by Crippen LogP contribution is 2.37. The predicted molar refractivity (Wildman–Crippen MR) is 53.7 cm³/mol. The van der Waals surface area contributed by atoms with Gasteiger partial charge in [-0.05, 0) is 24.5 Å². The van der Waals surface area contributed by atoms with Crippen molar-refractivity contribution in [2.45, 2.75) is 31.7 Å². The van der Waals surface area contributed by atoms with Gasteiger partial charge in [-0.3, -0.25) is 0 Å². The smallest absolute Gasteiger partial charge is 0.328 e. The van der Waals surface area contributed by atoms with Crippen LogP contribution in [0.15, 0.2) is 24.3 Å². The Hall–Kier alpha value is -1.10. The molecule has 1 nitrogen and oxygen atoms in total. The van der Waals surface area contributed by atoms with E-state index in [1.807, 2.05) is 0 Å². The van der Waals surface area contributed by atoms with Crippen LogP contribution in [0, 0.1) is 0 Å². The van der Waals surface area contributed by atoms with Crippen LogP contribution in [0.3, 0.4) is 0 Å². The molecule has 0 heterocycles. The molecule has 16 heavy (non-hydrogen) atoms. The van der Waals surface area contributed by atoms with Crippen LogP contribution in [0.5, 0.6) is 0 Å². The number of halogens is 4. The number of benzene rings is 1. The Kier molecular flexibility index (Phi) is 3.91. The van der Waals surface area contributed by atoms with Gasteiger partial charge in [-0.1, -0.05) is 24.3 Å². The molecule has 0 fully saturated rings. The second kappa shape index (κ2) is 4.82. The van der Waals surface area contributed by atoms with E-state index in [2.05, 4.69) is 0 Å². The summed E-state index contributed by atoms with van der Waals surface area (Å²) in [4.78, 5) is 0. The molecule has 0 saturated carbocycles. The summed E-state index contributed by atoms with van der Waals surface area (Å²) in [6.45, 7) is 1.66. The molecule has 5 heteroatoms. The van der Waals surface area contributed by atoms with E-state index in [0.29, 0.717) is 5.56 Å². The zero-order valence-electron chi connectivity index (χ0n) is 8.76. The van der Waals surface area contributed by atoms with Gasteiger partial charge in [-0.2, -0.15) is 13.2 Å². The zero-order valence-corrected chi connectivity index (χ0v) is 8.76. The van der Waals surface area contributed by atoms with E-state index >= 15 is 0 Å². The Morgan fingerprint density at radius 1 is 1.25 bits per heavy atom.